The zero-order valence-corrected chi connectivity index (χ0v) is 33.4. The van der Waals surface area contributed by atoms with Crippen molar-refractivity contribution in [1.29, 1.82) is 0 Å². The summed E-state index contributed by atoms with van der Waals surface area (Å²) in [4.78, 5) is 12.9. The number of aromatic hydroxyl groups is 2. The number of ketones is 1. The van der Waals surface area contributed by atoms with Gasteiger partial charge in [0.15, 0.2) is 5.78 Å². The van der Waals surface area contributed by atoms with Crippen molar-refractivity contribution in [2.45, 2.75) is 32.8 Å². The minimum absolute atomic E-state index is 0. The molecule has 0 saturated heterocycles. The number of carbonyl (C=O) groups excluding carboxylic acids is 1. The molecule has 2 aromatic heterocycles. The van der Waals surface area contributed by atoms with Crippen LogP contribution in [-0.2, 0) is 12.8 Å². The van der Waals surface area contributed by atoms with Crippen molar-refractivity contribution in [3.05, 3.63) is 124 Å². The molecule has 6 rings (SSSR count). The Hall–Kier alpha value is -1.83. The number of halogens is 4. The zero-order valence-electron chi connectivity index (χ0n) is 26.1. The summed E-state index contributed by atoms with van der Waals surface area (Å²) in [7, 11) is 0. The van der Waals surface area contributed by atoms with E-state index in [1.165, 1.54) is 0 Å². The molecule has 0 bridgehead atoms. The summed E-state index contributed by atoms with van der Waals surface area (Å²) in [6.45, 7) is 3.95. The van der Waals surface area contributed by atoms with Crippen molar-refractivity contribution < 1.29 is 59.9 Å². The minimum Gasteiger partial charge on any atom is -1.00 e. The summed E-state index contributed by atoms with van der Waals surface area (Å²) in [5, 5.41) is 32.2. The molecule has 6 nitrogen and oxygen atoms in total. The average Bonchev–Trinajstić information content (AvgIpc) is 3.60. The number of aliphatic hydroxyl groups excluding tert-OH is 1. The maximum atomic E-state index is 12.9. The molecule has 1 unspecified atom stereocenters. The molecule has 12 heteroatoms. The normalized spacial score (nSPS) is 11.4. The number of carbonyl (C=O) groups is 1. The first-order valence-corrected chi connectivity index (χ1v) is 16.8. The Morgan fingerprint density at radius 3 is 1.70 bits per heavy atom. The van der Waals surface area contributed by atoms with Crippen molar-refractivity contribution >= 4 is 99.9 Å². The Kier molecular flexibility index (Phi) is 13.9. The Balaban J connectivity index is 0.000000307. The molecule has 1 atom stereocenters. The molecule has 3 N–H and O–H groups in total. The fraction of sp³-hybridized carbons (Fsp3) is 0.147. The predicted molar refractivity (Wildman–Crippen MR) is 193 cm³/mol. The second-order valence-electron chi connectivity index (χ2n) is 9.89. The van der Waals surface area contributed by atoms with E-state index in [0.717, 1.165) is 27.7 Å². The molecule has 3 radical (unpaired) electrons. The first kappa shape index (κ1) is 38.6. The number of aliphatic hydroxyl groups is 1. The number of hydrogen-bond acceptors (Lipinski definition) is 6. The van der Waals surface area contributed by atoms with Crippen molar-refractivity contribution in [2.75, 3.05) is 0 Å². The van der Waals surface area contributed by atoms with Gasteiger partial charge in [0, 0.05) is 43.2 Å². The van der Waals surface area contributed by atoms with Gasteiger partial charge in [-0.3, -0.25) is 4.79 Å². The van der Waals surface area contributed by atoms with Crippen LogP contribution in [0.2, 0.25) is 0 Å². The van der Waals surface area contributed by atoms with Crippen LogP contribution >= 0.6 is 63.7 Å². The summed E-state index contributed by atoms with van der Waals surface area (Å²) < 4.78 is 13.6. The van der Waals surface area contributed by atoms with Gasteiger partial charge < -0.3 is 25.6 Å². The fourth-order valence-corrected chi connectivity index (χ4v) is 7.43. The molecule has 46 heavy (non-hydrogen) atoms. The third-order valence-corrected chi connectivity index (χ3v) is 9.57. The number of phenols is 2. The second kappa shape index (κ2) is 16.5. The van der Waals surface area contributed by atoms with Gasteiger partial charge in [-0.1, -0.05) is 50.2 Å². The monoisotopic (exact) mass is 881 g/mol. The molecular weight excluding hydrogens is 858 g/mol. The zero-order chi connectivity index (χ0) is 31.7. The van der Waals surface area contributed by atoms with Crippen molar-refractivity contribution in [1.82, 2.24) is 0 Å². The topological polar surface area (TPSA) is 104 Å². The van der Waals surface area contributed by atoms with Gasteiger partial charge in [-0.25, -0.2) is 0 Å². The van der Waals surface area contributed by atoms with Crippen LogP contribution in [0.4, 0.5) is 0 Å². The summed E-state index contributed by atoms with van der Waals surface area (Å²) >= 11 is 13.1. The van der Waals surface area contributed by atoms with Crippen LogP contribution in [0.5, 0.6) is 11.5 Å². The van der Waals surface area contributed by atoms with Crippen LogP contribution in [-0.4, -0.2) is 29.5 Å². The quantitative estimate of drug-likeness (QED) is 0.118. The molecule has 0 spiro atoms. The maximum Gasteiger partial charge on any atom is 1.00 e. The molecule has 4 aromatic carbocycles. The van der Waals surface area contributed by atoms with Crippen LogP contribution in [0, 0.1) is 0 Å². The van der Waals surface area contributed by atoms with Crippen LogP contribution in [0.25, 0.3) is 21.9 Å². The largest absolute Gasteiger partial charge is 1.00 e. The van der Waals surface area contributed by atoms with E-state index < -0.39 is 6.10 Å². The van der Waals surface area contributed by atoms with Crippen molar-refractivity contribution in [2.24, 2.45) is 0 Å². The van der Waals surface area contributed by atoms with Gasteiger partial charge in [0.1, 0.15) is 40.3 Å². The van der Waals surface area contributed by atoms with Gasteiger partial charge in [-0.2, -0.15) is 0 Å². The van der Waals surface area contributed by atoms with Gasteiger partial charge in [0.05, 0.1) is 23.5 Å². The number of hydrogen-bond donors (Lipinski definition) is 3. The van der Waals surface area contributed by atoms with E-state index in [-0.39, 0.29) is 56.7 Å². The molecule has 2 heterocycles. The molecular formula is C34H27BBr4NaO6. The Labute approximate surface area is 325 Å². The number of para-hydroxylation sites is 2. The number of aryl methyl sites for hydroxylation is 2. The average molecular weight is 885 g/mol. The number of fused-ring (bicyclic) bond motifs is 2. The van der Waals surface area contributed by atoms with E-state index in [9.17, 15) is 20.1 Å². The van der Waals surface area contributed by atoms with Gasteiger partial charge in [0.25, 0.3) is 0 Å². The smallest absolute Gasteiger partial charge is 1.00 e. The van der Waals surface area contributed by atoms with E-state index in [4.69, 9.17) is 8.83 Å². The standard InChI is InChI=1S/C17H14Br2O3.C17H12Br2O3.B.Na.H/c2*1-2-13-15(10-5-3-4-6-14(10)22-13)16(20)9-7-11(18)17(21)12(19)8-9;;;/h3-8,16,20-21H,2H2,1H3;3-8,21H,2H2,1H3;;;/q;;;+1;-1. The molecule has 0 aliphatic heterocycles. The number of benzene rings is 4. The third-order valence-electron chi connectivity index (χ3n) is 7.16. The molecule has 6 aromatic rings. The summed E-state index contributed by atoms with van der Waals surface area (Å²) in [5.41, 5.74) is 4.01. The first-order chi connectivity index (χ1) is 21.0. The van der Waals surface area contributed by atoms with E-state index in [1.54, 1.807) is 24.3 Å². The van der Waals surface area contributed by atoms with Crippen LogP contribution in [0.15, 0.2) is 99.5 Å². The van der Waals surface area contributed by atoms with Crippen LogP contribution in [0.1, 0.15) is 59.9 Å². The number of rotatable bonds is 6. The molecule has 0 amide bonds. The number of phenolic OH excluding ortho intramolecular Hbond substituents is 2. The Morgan fingerprint density at radius 2 is 1.17 bits per heavy atom. The van der Waals surface area contributed by atoms with E-state index in [1.807, 2.05) is 62.4 Å². The Bertz CT molecular complexity index is 1980. The van der Waals surface area contributed by atoms with E-state index in [2.05, 4.69) is 63.7 Å². The van der Waals surface area contributed by atoms with E-state index in [0.29, 0.717) is 58.8 Å². The van der Waals surface area contributed by atoms with Crippen LogP contribution < -0.4 is 29.6 Å². The molecule has 231 valence electrons. The van der Waals surface area contributed by atoms with Crippen molar-refractivity contribution in [3.63, 3.8) is 0 Å². The molecule has 0 fully saturated rings. The Morgan fingerprint density at radius 1 is 0.739 bits per heavy atom. The predicted octanol–water partition coefficient (Wildman–Crippen LogP) is 7.50. The third kappa shape index (κ3) is 7.73. The number of furan rings is 2. The van der Waals surface area contributed by atoms with Gasteiger partial charge in [0.2, 0.25) is 0 Å². The van der Waals surface area contributed by atoms with Gasteiger partial charge >= 0.3 is 29.6 Å². The second-order valence-corrected chi connectivity index (χ2v) is 13.3. The van der Waals surface area contributed by atoms with E-state index >= 15 is 0 Å². The van der Waals surface area contributed by atoms with Crippen molar-refractivity contribution in [3.8, 4) is 11.5 Å². The fourth-order valence-electron chi connectivity index (χ4n) is 5.02. The van der Waals surface area contributed by atoms with Gasteiger partial charge in [-0.15, -0.1) is 0 Å². The summed E-state index contributed by atoms with van der Waals surface area (Å²) in [5.74, 6) is 1.51. The molecule has 0 saturated carbocycles. The minimum atomic E-state index is -0.827. The maximum absolute atomic E-state index is 12.9. The SMILES string of the molecule is CCc1oc2ccccc2c1C(=O)c1cc(Br)c(O)c(Br)c1.CCc1oc2ccccc2c1C(O)c1cc(Br)c(O)c(Br)c1.[B].[H-].[Na+]. The summed E-state index contributed by atoms with van der Waals surface area (Å²) in [6.07, 6.45) is 0.504. The van der Waals surface area contributed by atoms with Gasteiger partial charge in [-0.05, 0) is 106 Å². The molecule has 0 aliphatic carbocycles. The first-order valence-electron chi connectivity index (χ1n) is 13.6. The van der Waals surface area contributed by atoms with Crippen LogP contribution in [0.3, 0.4) is 0 Å². The molecule has 0 aliphatic rings. The summed E-state index contributed by atoms with van der Waals surface area (Å²) in [6, 6.07) is 21.8.